The maximum Gasteiger partial charge on any atom is 0.242 e. The van der Waals surface area contributed by atoms with Crippen molar-refractivity contribution in [3.8, 4) is 11.5 Å². The Labute approximate surface area is 258 Å². The van der Waals surface area contributed by atoms with E-state index >= 15 is 0 Å². The monoisotopic (exact) mass is 602 g/mol. The van der Waals surface area contributed by atoms with Gasteiger partial charge in [0.2, 0.25) is 11.8 Å². The molecule has 0 saturated carbocycles. The number of carbonyl (C=O) groups is 2. The lowest BCUT2D eigenvalue weighted by Crippen LogP contribution is -2.53. The second-order valence-corrected chi connectivity index (χ2v) is 11.5. The number of aromatic nitrogens is 2. The molecule has 0 aliphatic carbocycles. The molecule has 0 radical (unpaired) electrons. The first-order valence-corrected chi connectivity index (χ1v) is 15.1. The molecule has 1 atom stereocenters. The lowest BCUT2D eigenvalue weighted by atomic mass is 10.0. The van der Waals surface area contributed by atoms with Crippen molar-refractivity contribution in [3.63, 3.8) is 0 Å². The fourth-order valence-electron chi connectivity index (χ4n) is 5.37. The summed E-state index contributed by atoms with van der Waals surface area (Å²) in [5.74, 6) is 2.24. The number of rotatable bonds is 3. The highest BCUT2D eigenvalue weighted by molar-refractivity contribution is 5.88. The fraction of sp³-hybridized carbons (Fsp3) is 0.438. The molecule has 12 heteroatoms. The second-order valence-electron chi connectivity index (χ2n) is 11.5. The Kier molecular flexibility index (Phi) is 10.5. The van der Waals surface area contributed by atoms with E-state index in [-0.39, 0.29) is 37.4 Å². The van der Waals surface area contributed by atoms with E-state index in [0.29, 0.717) is 29.6 Å². The Morgan fingerprint density at radius 3 is 2.34 bits per heavy atom. The van der Waals surface area contributed by atoms with Crippen LogP contribution in [0.5, 0.6) is 11.5 Å². The number of fused-ring (bicyclic) bond motifs is 10. The lowest BCUT2D eigenvalue weighted by Gasteiger charge is -2.34. The van der Waals surface area contributed by atoms with Crippen LogP contribution >= 0.6 is 0 Å². The number of hydrogen-bond donors (Lipinski definition) is 4. The number of methoxy groups -OCH3 is 1. The average molecular weight is 603 g/mol. The quantitative estimate of drug-likeness (QED) is 0.332. The van der Waals surface area contributed by atoms with Crippen molar-refractivity contribution < 1.29 is 19.1 Å². The third kappa shape index (κ3) is 8.80. The van der Waals surface area contributed by atoms with E-state index in [0.717, 1.165) is 44.1 Å². The van der Waals surface area contributed by atoms with Gasteiger partial charge in [-0.15, -0.1) is 0 Å². The van der Waals surface area contributed by atoms with Gasteiger partial charge in [0.1, 0.15) is 30.6 Å². The van der Waals surface area contributed by atoms with E-state index in [1.807, 2.05) is 50.2 Å². The van der Waals surface area contributed by atoms with E-state index in [9.17, 15) is 9.59 Å². The van der Waals surface area contributed by atoms with Crippen LogP contribution in [0.25, 0.3) is 0 Å². The largest absolute Gasteiger partial charge is 0.493 e. The number of amides is 2. The molecule has 1 fully saturated rings. The van der Waals surface area contributed by atoms with Crippen molar-refractivity contribution >= 4 is 34.8 Å². The summed E-state index contributed by atoms with van der Waals surface area (Å²) in [6, 6.07) is 15.0. The molecule has 2 aromatic carbocycles. The van der Waals surface area contributed by atoms with E-state index < -0.39 is 6.04 Å². The first-order valence-electron chi connectivity index (χ1n) is 15.1. The molecule has 6 rings (SSSR count). The molecule has 1 aromatic heterocycles. The number of nitrogens with zero attached hydrogens (tertiary/aromatic N) is 4. The normalized spacial score (nSPS) is 21.4. The van der Waals surface area contributed by atoms with Crippen molar-refractivity contribution in [2.45, 2.75) is 32.9 Å². The number of nitrogens with one attached hydrogen (secondary N) is 4. The van der Waals surface area contributed by atoms with Crippen LogP contribution in [0.15, 0.2) is 54.9 Å². The van der Waals surface area contributed by atoms with Gasteiger partial charge >= 0.3 is 0 Å². The first-order chi connectivity index (χ1) is 21.3. The fourth-order valence-corrected chi connectivity index (χ4v) is 5.37. The van der Waals surface area contributed by atoms with Gasteiger partial charge in [-0.05, 0) is 42.2 Å². The van der Waals surface area contributed by atoms with Gasteiger partial charge in [-0.1, -0.05) is 26.0 Å². The lowest BCUT2D eigenvalue weighted by molar-refractivity contribution is -0.130. The molecule has 1 unspecified atom stereocenters. The average Bonchev–Trinajstić information content (AvgIpc) is 3.00. The number of carbonyl (C=O) groups excluding carboxylic acids is 2. The zero-order valence-electron chi connectivity index (χ0n) is 25.6. The molecule has 44 heavy (non-hydrogen) atoms. The molecule has 12 nitrogen and oxygen atoms in total. The standard InChI is InChI=1S/C32H42N8O4/c1-22(2)15-26-32(42)33-9-14-44-28-17-25(7-8-27(28)43-3)37-30-18-29(34-21-35-30)36-24-6-4-5-23(16-24)19-39-10-12-40(13-11-39)20-31(41)38-26/h4-8,16-18,21-22,26H,9-15,19-20H2,1-3H3,(H,33,42)(H,38,41)(H2,34,35,36,37). The summed E-state index contributed by atoms with van der Waals surface area (Å²) >= 11 is 0. The highest BCUT2D eigenvalue weighted by Crippen LogP contribution is 2.31. The van der Waals surface area contributed by atoms with Gasteiger partial charge < -0.3 is 30.7 Å². The van der Waals surface area contributed by atoms with Crippen LogP contribution in [0, 0.1) is 5.92 Å². The molecule has 3 aromatic rings. The van der Waals surface area contributed by atoms with E-state index in [1.54, 1.807) is 7.11 Å². The Hall–Kier alpha value is -4.42. The maximum absolute atomic E-state index is 13.1. The number of anilines is 4. The summed E-state index contributed by atoms with van der Waals surface area (Å²) in [7, 11) is 1.58. The zero-order valence-corrected chi connectivity index (χ0v) is 25.6. The summed E-state index contributed by atoms with van der Waals surface area (Å²) in [6.45, 7) is 8.92. The highest BCUT2D eigenvalue weighted by Gasteiger charge is 2.24. The Balaban J connectivity index is 1.36. The minimum absolute atomic E-state index is 0.138. The van der Waals surface area contributed by atoms with Crippen molar-refractivity contribution in [3.05, 3.63) is 60.4 Å². The van der Waals surface area contributed by atoms with Gasteiger partial charge in [0, 0.05) is 56.2 Å². The second kappa shape index (κ2) is 14.8. The van der Waals surface area contributed by atoms with Gasteiger partial charge in [0.25, 0.3) is 0 Å². The minimum atomic E-state index is -0.612. The van der Waals surface area contributed by atoms with Gasteiger partial charge in [-0.2, -0.15) is 0 Å². The molecule has 2 amide bonds. The van der Waals surface area contributed by atoms with Gasteiger partial charge in [0.15, 0.2) is 11.5 Å². The van der Waals surface area contributed by atoms with Crippen LogP contribution in [-0.4, -0.2) is 90.6 Å². The minimum Gasteiger partial charge on any atom is -0.493 e. The third-order valence-electron chi connectivity index (χ3n) is 7.56. The van der Waals surface area contributed by atoms with Crippen molar-refractivity contribution in [1.29, 1.82) is 0 Å². The molecular formula is C32H42N8O4. The highest BCUT2D eigenvalue weighted by atomic mass is 16.5. The Bertz CT molecular complexity index is 1430. The third-order valence-corrected chi connectivity index (χ3v) is 7.56. The van der Waals surface area contributed by atoms with E-state index in [1.165, 1.54) is 11.9 Å². The van der Waals surface area contributed by atoms with E-state index in [4.69, 9.17) is 9.47 Å². The molecular weight excluding hydrogens is 560 g/mol. The van der Waals surface area contributed by atoms with E-state index in [2.05, 4.69) is 53.2 Å². The van der Waals surface area contributed by atoms with Crippen LogP contribution in [-0.2, 0) is 16.1 Å². The summed E-state index contributed by atoms with van der Waals surface area (Å²) in [5.41, 5.74) is 2.88. The first kappa shape index (κ1) is 31.0. The SMILES string of the molecule is COc1ccc2cc1OCCNC(=O)C(CC(C)C)NC(=O)CN1CCN(CC1)Cc1cccc(c1)Nc1cc(ncn1)N2. The predicted octanol–water partition coefficient (Wildman–Crippen LogP) is 3.13. The molecule has 3 aliphatic heterocycles. The number of piperazine rings is 1. The van der Waals surface area contributed by atoms with Crippen LogP contribution in [0.4, 0.5) is 23.0 Å². The molecule has 234 valence electrons. The summed E-state index contributed by atoms with van der Waals surface area (Å²) in [4.78, 5) is 39.4. The smallest absolute Gasteiger partial charge is 0.242 e. The Morgan fingerprint density at radius 2 is 1.64 bits per heavy atom. The van der Waals surface area contributed by atoms with Crippen molar-refractivity contribution in [2.24, 2.45) is 5.92 Å². The van der Waals surface area contributed by atoms with Gasteiger partial charge in [0.05, 0.1) is 20.2 Å². The molecule has 3 aliphatic rings. The molecule has 0 spiro atoms. The summed E-state index contributed by atoms with van der Waals surface area (Å²) in [6.07, 6.45) is 2.06. The molecule has 4 heterocycles. The molecule has 8 bridgehead atoms. The summed E-state index contributed by atoms with van der Waals surface area (Å²) < 4.78 is 11.5. The predicted molar refractivity (Wildman–Crippen MR) is 170 cm³/mol. The van der Waals surface area contributed by atoms with Crippen LogP contribution in [0.2, 0.25) is 0 Å². The van der Waals surface area contributed by atoms with Crippen LogP contribution in [0.1, 0.15) is 25.8 Å². The topological polar surface area (TPSA) is 133 Å². The number of benzene rings is 2. The summed E-state index contributed by atoms with van der Waals surface area (Å²) in [5, 5.41) is 12.6. The van der Waals surface area contributed by atoms with Crippen molar-refractivity contribution in [1.82, 2.24) is 30.4 Å². The molecule has 1 saturated heterocycles. The van der Waals surface area contributed by atoms with Crippen LogP contribution in [0.3, 0.4) is 0 Å². The maximum atomic E-state index is 13.1. The Morgan fingerprint density at radius 1 is 0.932 bits per heavy atom. The number of hydrogen-bond acceptors (Lipinski definition) is 10. The van der Waals surface area contributed by atoms with Crippen molar-refractivity contribution in [2.75, 3.05) is 63.6 Å². The zero-order chi connectivity index (χ0) is 30.9. The van der Waals surface area contributed by atoms with Gasteiger partial charge in [-0.25, -0.2) is 9.97 Å². The number of ether oxygens (including phenoxy) is 2. The van der Waals surface area contributed by atoms with Crippen LogP contribution < -0.4 is 30.7 Å². The van der Waals surface area contributed by atoms with Gasteiger partial charge in [-0.3, -0.25) is 19.4 Å². The molecule has 4 N–H and O–H groups in total.